The second-order valence-electron chi connectivity index (χ2n) is 5.50. The molecular formula is C16H10Cl3N7O3. The minimum absolute atomic E-state index is 0.00689. The van der Waals surface area contributed by atoms with Crippen LogP contribution in [0.5, 0.6) is 0 Å². The van der Waals surface area contributed by atoms with E-state index in [9.17, 15) is 14.9 Å². The maximum Gasteiger partial charge on any atom is 0.271 e. The number of rotatable bonds is 6. The molecule has 0 saturated carbocycles. The molecule has 1 N–H and O–H groups in total. The molecule has 0 aliphatic carbocycles. The van der Waals surface area contributed by atoms with E-state index in [-0.39, 0.29) is 33.7 Å². The number of nitrogens with zero attached hydrogens (tertiary/aromatic N) is 6. The van der Waals surface area contributed by atoms with Gasteiger partial charge in [0.15, 0.2) is 0 Å². The summed E-state index contributed by atoms with van der Waals surface area (Å²) in [6.07, 6.45) is 1.14. The lowest BCUT2D eigenvalue weighted by molar-refractivity contribution is -0.384. The van der Waals surface area contributed by atoms with Crippen LogP contribution in [0.4, 0.5) is 5.69 Å². The van der Waals surface area contributed by atoms with Gasteiger partial charge < -0.3 is 0 Å². The van der Waals surface area contributed by atoms with Gasteiger partial charge in [-0.05, 0) is 17.3 Å². The number of tetrazole rings is 1. The van der Waals surface area contributed by atoms with Gasteiger partial charge in [0.1, 0.15) is 6.54 Å². The second-order valence-corrected chi connectivity index (χ2v) is 6.70. The third-order valence-corrected chi connectivity index (χ3v) is 4.64. The van der Waals surface area contributed by atoms with Gasteiger partial charge in [-0.1, -0.05) is 46.9 Å². The highest BCUT2D eigenvalue weighted by molar-refractivity contribution is 6.43. The SMILES string of the molecule is O=C(Cn1nnc(-c2ccccc2Cl)n1)N/N=C\c1cc([N+](=O)[O-])cc(Cl)c1Cl. The third-order valence-electron chi connectivity index (χ3n) is 3.50. The topological polar surface area (TPSA) is 128 Å². The Balaban J connectivity index is 1.65. The van der Waals surface area contributed by atoms with Crippen LogP contribution in [0.25, 0.3) is 11.4 Å². The lowest BCUT2D eigenvalue weighted by Crippen LogP contribution is -2.24. The maximum absolute atomic E-state index is 12.0. The van der Waals surface area contributed by atoms with Gasteiger partial charge >= 0.3 is 0 Å². The molecule has 0 aliphatic heterocycles. The smallest absolute Gasteiger partial charge is 0.271 e. The van der Waals surface area contributed by atoms with Crippen molar-refractivity contribution in [2.24, 2.45) is 5.10 Å². The van der Waals surface area contributed by atoms with E-state index in [2.05, 4.69) is 25.9 Å². The number of halogens is 3. The van der Waals surface area contributed by atoms with Gasteiger partial charge in [0, 0.05) is 23.3 Å². The summed E-state index contributed by atoms with van der Waals surface area (Å²) >= 11 is 17.9. The van der Waals surface area contributed by atoms with Crippen molar-refractivity contribution in [3.63, 3.8) is 0 Å². The fraction of sp³-hybridized carbons (Fsp3) is 0.0625. The molecule has 0 spiro atoms. The van der Waals surface area contributed by atoms with E-state index in [0.29, 0.717) is 10.6 Å². The molecule has 2 aromatic carbocycles. The molecule has 1 amide bonds. The molecular weight excluding hydrogens is 445 g/mol. The molecule has 13 heteroatoms. The number of benzene rings is 2. The normalized spacial score (nSPS) is 11.0. The number of nitro groups is 1. The highest BCUT2D eigenvalue weighted by atomic mass is 35.5. The number of aromatic nitrogens is 4. The summed E-state index contributed by atoms with van der Waals surface area (Å²) in [6.45, 7) is -0.266. The number of carbonyl (C=O) groups is 1. The Labute approximate surface area is 178 Å². The summed E-state index contributed by atoms with van der Waals surface area (Å²) in [5, 5.41) is 26.9. The Morgan fingerprint density at radius 3 is 2.72 bits per heavy atom. The first-order valence-electron chi connectivity index (χ1n) is 7.83. The Bertz CT molecular complexity index is 1120. The fourth-order valence-electron chi connectivity index (χ4n) is 2.19. The van der Waals surface area contributed by atoms with Crippen molar-refractivity contribution in [3.8, 4) is 11.4 Å². The summed E-state index contributed by atoms with van der Waals surface area (Å²) in [6, 6.07) is 9.24. The molecule has 3 aromatic rings. The second kappa shape index (κ2) is 8.95. The van der Waals surface area contributed by atoms with Crippen LogP contribution in [-0.4, -0.2) is 37.3 Å². The summed E-state index contributed by atoms with van der Waals surface area (Å²) in [5.74, 6) is -0.290. The van der Waals surface area contributed by atoms with Crippen molar-refractivity contribution in [2.45, 2.75) is 6.54 Å². The van der Waals surface area contributed by atoms with Crippen LogP contribution in [0.1, 0.15) is 5.56 Å². The van der Waals surface area contributed by atoms with Crippen molar-refractivity contribution < 1.29 is 9.72 Å². The number of nitro benzene ring substituents is 1. The standard InChI is InChI=1S/C16H10Cl3N7O3/c17-12-4-2-1-3-11(12)16-22-24-25(23-16)8-14(27)21-20-7-9-5-10(26(28)29)6-13(18)15(9)19/h1-7H,8H2,(H,21,27)/b20-7-. The van der Waals surface area contributed by atoms with E-state index >= 15 is 0 Å². The number of hydrogen-bond donors (Lipinski definition) is 1. The van der Waals surface area contributed by atoms with E-state index in [1.165, 1.54) is 6.07 Å². The summed E-state index contributed by atoms with van der Waals surface area (Å²) in [5.41, 5.74) is 2.73. The van der Waals surface area contributed by atoms with Crippen molar-refractivity contribution in [1.82, 2.24) is 25.6 Å². The zero-order valence-electron chi connectivity index (χ0n) is 14.3. The van der Waals surface area contributed by atoms with Crippen molar-refractivity contribution >= 4 is 52.6 Å². The first-order valence-corrected chi connectivity index (χ1v) is 8.96. The highest BCUT2D eigenvalue weighted by Gasteiger charge is 2.14. The first kappa shape index (κ1) is 20.6. The number of hydrazone groups is 1. The number of carbonyl (C=O) groups excluding carboxylic acids is 1. The Kier molecular flexibility index (Phi) is 6.37. The lowest BCUT2D eigenvalue weighted by Gasteiger charge is -2.02. The Hall–Kier alpha value is -3.08. The predicted octanol–water partition coefficient (Wildman–Crippen LogP) is 3.36. The molecule has 0 fully saturated rings. The summed E-state index contributed by atoms with van der Waals surface area (Å²) in [4.78, 5) is 23.3. The van der Waals surface area contributed by atoms with Gasteiger partial charge in [0.05, 0.1) is 26.2 Å². The molecule has 1 heterocycles. The molecule has 3 rings (SSSR count). The molecule has 0 atom stereocenters. The molecule has 0 radical (unpaired) electrons. The summed E-state index contributed by atoms with van der Waals surface area (Å²) < 4.78 is 0. The van der Waals surface area contributed by atoms with Crippen LogP contribution in [0.3, 0.4) is 0 Å². The average Bonchev–Trinajstić information content (AvgIpc) is 3.13. The van der Waals surface area contributed by atoms with E-state index < -0.39 is 10.8 Å². The van der Waals surface area contributed by atoms with Crippen LogP contribution >= 0.6 is 34.8 Å². The highest BCUT2D eigenvalue weighted by Crippen LogP contribution is 2.29. The molecule has 10 nitrogen and oxygen atoms in total. The van der Waals surface area contributed by atoms with E-state index in [1.54, 1.807) is 24.3 Å². The number of amides is 1. The van der Waals surface area contributed by atoms with E-state index in [1.807, 2.05) is 0 Å². The Morgan fingerprint density at radius 1 is 1.24 bits per heavy atom. The first-order chi connectivity index (χ1) is 13.8. The van der Waals surface area contributed by atoms with Gasteiger partial charge in [0.25, 0.3) is 11.6 Å². The number of non-ortho nitro benzene ring substituents is 1. The van der Waals surface area contributed by atoms with Crippen LogP contribution in [0.2, 0.25) is 15.1 Å². The van der Waals surface area contributed by atoms with Crippen molar-refractivity contribution in [3.05, 3.63) is 67.1 Å². The maximum atomic E-state index is 12.0. The van der Waals surface area contributed by atoms with Gasteiger partial charge in [-0.15, -0.1) is 10.2 Å². The molecule has 29 heavy (non-hydrogen) atoms. The third kappa shape index (κ3) is 5.05. The average molecular weight is 455 g/mol. The molecule has 148 valence electrons. The fourth-order valence-corrected chi connectivity index (χ4v) is 2.79. The number of hydrogen-bond acceptors (Lipinski definition) is 7. The zero-order chi connectivity index (χ0) is 21.0. The largest absolute Gasteiger partial charge is 0.271 e. The van der Waals surface area contributed by atoms with Crippen molar-refractivity contribution in [1.29, 1.82) is 0 Å². The van der Waals surface area contributed by atoms with E-state index in [0.717, 1.165) is 17.1 Å². The monoisotopic (exact) mass is 453 g/mol. The van der Waals surface area contributed by atoms with Gasteiger partial charge in [-0.3, -0.25) is 14.9 Å². The molecule has 0 saturated heterocycles. The van der Waals surface area contributed by atoms with Crippen LogP contribution in [0, 0.1) is 10.1 Å². The minimum atomic E-state index is -0.620. The van der Waals surface area contributed by atoms with E-state index in [4.69, 9.17) is 34.8 Å². The lowest BCUT2D eigenvalue weighted by atomic mass is 10.2. The molecule has 0 unspecified atom stereocenters. The molecule has 0 bridgehead atoms. The van der Waals surface area contributed by atoms with Crippen LogP contribution in [-0.2, 0) is 11.3 Å². The van der Waals surface area contributed by atoms with Crippen molar-refractivity contribution in [2.75, 3.05) is 0 Å². The van der Waals surface area contributed by atoms with Gasteiger partial charge in [-0.25, -0.2) is 5.43 Å². The minimum Gasteiger partial charge on any atom is -0.271 e. The molecule has 1 aromatic heterocycles. The summed E-state index contributed by atoms with van der Waals surface area (Å²) in [7, 11) is 0. The predicted molar refractivity (Wildman–Crippen MR) is 107 cm³/mol. The van der Waals surface area contributed by atoms with Gasteiger partial charge in [0.2, 0.25) is 5.82 Å². The van der Waals surface area contributed by atoms with Crippen LogP contribution < -0.4 is 5.43 Å². The zero-order valence-corrected chi connectivity index (χ0v) is 16.6. The quantitative estimate of drug-likeness (QED) is 0.345. The number of nitrogens with one attached hydrogen (secondary N) is 1. The van der Waals surface area contributed by atoms with Crippen LogP contribution in [0.15, 0.2) is 41.5 Å². The molecule has 0 aliphatic rings. The Morgan fingerprint density at radius 2 is 2.00 bits per heavy atom. The van der Waals surface area contributed by atoms with Gasteiger partial charge in [-0.2, -0.15) is 9.90 Å².